The van der Waals surface area contributed by atoms with E-state index in [-0.39, 0.29) is 10.7 Å². The average Bonchev–Trinajstić information content (AvgIpc) is 3.30. The summed E-state index contributed by atoms with van der Waals surface area (Å²) < 4.78 is 69.4. The number of aromatic nitrogens is 5. The van der Waals surface area contributed by atoms with Crippen molar-refractivity contribution in [2.24, 2.45) is 7.05 Å². The summed E-state index contributed by atoms with van der Waals surface area (Å²) in [5.41, 5.74) is 0.870. The first-order valence-corrected chi connectivity index (χ1v) is 10.1. The summed E-state index contributed by atoms with van der Waals surface area (Å²) in [6, 6.07) is 5.07. The Labute approximate surface area is 169 Å². The maximum atomic E-state index is 12.9. The van der Waals surface area contributed by atoms with E-state index in [0.717, 1.165) is 46.3 Å². The molecule has 3 aromatic heterocycles. The van der Waals surface area contributed by atoms with Crippen LogP contribution in [0.25, 0.3) is 16.7 Å². The number of nitrogens with zero attached hydrogens (tertiary/aromatic N) is 5. The first-order chi connectivity index (χ1) is 14.0. The van der Waals surface area contributed by atoms with Gasteiger partial charge in [0.1, 0.15) is 4.90 Å². The zero-order valence-corrected chi connectivity index (χ0v) is 16.5. The van der Waals surface area contributed by atoms with E-state index < -0.39 is 21.8 Å². The predicted molar refractivity (Wildman–Crippen MR) is 103 cm³/mol. The molecule has 0 radical (unpaired) electrons. The minimum atomic E-state index is -4.55. The number of halogens is 3. The fourth-order valence-electron chi connectivity index (χ4n) is 2.92. The van der Waals surface area contributed by atoms with E-state index in [1.54, 1.807) is 37.0 Å². The maximum Gasteiger partial charge on any atom is 0.416 e. The first-order valence-electron chi connectivity index (χ1n) is 8.58. The molecule has 0 saturated carbocycles. The molecule has 3 heterocycles. The Balaban J connectivity index is 1.66. The van der Waals surface area contributed by atoms with Crippen LogP contribution in [0.15, 0.2) is 53.9 Å². The van der Waals surface area contributed by atoms with Gasteiger partial charge in [-0.15, -0.1) is 0 Å². The third kappa shape index (κ3) is 3.61. The summed E-state index contributed by atoms with van der Waals surface area (Å²) in [6.45, 7) is 1.75. The average molecular weight is 436 g/mol. The van der Waals surface area contributed by atoms with Gasteiger partial charge in [0.05, 0.1) is 35.4 Å². The summed E-state index contributed by atoms with van der Waals surface area (Å²) in [5.74, 6) is -0.154. The maximum absolute atomic E-state index is 12.9. The molecule has 0 spiro atoms. The Bertz CT molecular complexity index is 1360. The molecule has 12 heteroatoms. The van der Waals surface area contributed by atoms with Crippen molar-refractivity contribution >= 4 is 26.6 Å². The van der Waals surface area contributed by atoms with Gasteiger partial charge in [-0.3, -0.25) is 9.40 Å². The third-order valence-corrected chi connectivity index (χ3v) is 5.83. The highest BCUT2D eigenvalue weighted by Crippen LogP contribution is 2.30. The molecule has 8 nitrogen and oxygen atoms in total. The second-order valence-electron chi connectivity index (χ2n) is 6.62. The van der Waals surface area contributed by atoms with Gasteiger partial charge in [-0.2, -0.15) is 23.4 Å². The molecule has 0 saturated heterocycles. The fourth-order valence-corrected chi connectivity index (χ4v) is 3.97. The molecule has 0 atom stereocenters. The summed E-state index contributed by atoms with van der Waals surface area (Å²) in [4.78, 5) is 3.61. The number of hydrogen-bond donors (Lipinski definition) is 1. The quantitative estimate of drug-likeness (QED) is 0.530. The van der Waals surface area contributed by atoms with Crippen molar-refractivity contribution in [3.63, 3.8) is 0 Å². The van der Waals surface area contributed by atoms with Crippen LogP contribution in [0.3, 0.4) is 0 Å². The Morgan fingerprint density at radius 3 is 2.60 bits per heavy atom. The van der Waals surface area contributed by atoms with Crippen LogP contribution < -0.4 is 4.72 Å². The van der Waals surface area contributed by atoms with E-state index in [2.05, 4.69) is 19.9 Å². The lowest BCUT2D eigenvalue weighted by Crippen LogP contribution is -2.13. The summed E-state index contributed by atoms with van der Waals surface area (Å²) in [5, 5.41) is 8.84. The number of pyridine rings is 1. The Hall–Kier alpha value is -3.41. The van der Waals surface area contributed by atoms with Gasteiger partial charge < -0.3 is 0 Å². The highest BCUT2D eigenvalue weighted by atomic mass is 32.2. The predicted octanol–water partition coefficient (Wildman–Crippen LogP) is 3.28. The third-order valence-electron chi connectivity index (χ3n) is 4.51. The lowest BCUT2D eigenvalue weighted by molar-refractivity contribution is -0.137. The smallest absolute Gasteiger partial charge is 0.279 e. The van der Waals surface area contributed by atoms with Crippen molar-refractivity contribution in [3.05, 3.63) is 60.2 Å². The zero-order chi connectivity index (χ0) is 21.7. The minimum Gasteiger partial charge on any atom is -0.279 e. The van der Waals surface area contributed by atoms with Gasteiger partial charge in [-0.25, -0.2) is 18.1 Å². The standard InChI is InChI=1S/C18H15F3N6O2S/c1-11-5-12-8-23-26(2)16(12)7-15(11)25-30(28,29)14-9-24-27(10-14)17-6-13(3-4-22-17)18(19,20)21/h3-10,25H,1-2H3. The zero-order valence-electron chi connectivity index (χ0n) is 15.7. The topological polar surface area (TPSA) is 94.7 Å². The molecule has 0 bridgehead atoms. The summed E-state index contributed by atoms with van der Waals surface area (Å²) >= 11 is 0. The molecular weight excluding hydrogens is 421 g/mol. The SMILES string of the molecule is Cc1cc2cnn(C)c2cc1NS(=O)(=O)c1cnn(-c2cc(C(F)(F)F)ccn2)c1. The Kier molecular flexibility index (Phi) is 4.53. The largest absolute Gasteiger partial charge is 0.416 e. The van der Waals surface area contributed by atoms with Crippen molar-refractivity contribution in [3.8, 4) is 5.82 Å². The van der Waals surface area contributed by atoms with Crippen LogP contribution in [0.2, 0.25) is 0 Å². The van der Waals surface area contributed by atoms with E-state index >= 15 is 0 Å². The number of aryl methyl sites for hydroxylation is 2. The van der Waals surface area contributed by atoms with Crippen LogP contribution >= 0.6 is 0 Å². The van der Waals surface area contributed by atoms with Crippen LogP contribution in [-0.4, -0.2) is 33.0 Å². The van der Waals surface area contributed by atoms with E-state index in [9.17, 15) is 21.6 Å². The van der Waals surface area contributed by atoms with E-state index in [4.69, 9.17) is 0 Å². The molecule has 0 aliphatic carbocycles. The van der Waals surface area contributed by atoms with Gasteiger partial charge in [-0.1, -0.05) is 0 Å². The minimum absolute atomic E-state index is 0.154. The molecule has 4 rings (SSSR count). The Morgan fingerprint density at radius 2 is 1.87 bits per heavy atom. The molecule has 4 aromatic rings. The number of sulfonamides is 1. The van der Waals surface area contributed by atoms with Crippen molar-refractivity contribution in [2.45, 2.75) is 18.0 Å². The molecule has 0 amide bonds. The van der Waals surface area contributed by atoms with Crippen LogP contribution in [0.4, 0.5) is 18.9 Å². The number of nitrogens with one attached hydrogen (secondary N) is 1. The molecule has 0 aliphatic rings. The lowest BCUT2D eigenvalue weighted by Gasteiger charge is -2.10. The molecule has 30 heavy (non-hydrogen) atoms. The van der Waals surface area contributed by atoms with Gasteiger partial charge in [0, 0.05) is 18.6 Å². The lowest BCUT2D eigenvalue weighted by atomic mass is 10.1. The Morgan fingerprint density at radius 1 is 1.10 bits per heavy atom. The van der Waals surface area contributed by atoms with Gasteiger partial charge in [0.2, 0.25) is 0 Å². The van der Waals surface area contributed by atoms with Crippen molar-refractivity contribution in [1.82, 2.24) is 24.5 Å². The van der Waals surface area contributed by atoms with Gasteiger partial charge in [0.25, 0.3) is 10.0 Å². The highest BCUT2D eigenvalue weighted by molar-refractivity contribution is 7.92. The number of alkyl halides is 3. The van der Waals surface area contributed by atoms with E-state index in [1.165, 1.54) is 0 Å². The van der Waals surface area contributed by atoms with E-state index in [1.807, 2.05) is 0 Å². The van der Waals surface area contributed by atoms with Crippen molar-refractivity contribution < 1.29 is 21.6 Å². The summed E-state index contributed by atoms with van der Waals surface area (Å²) in [6.07, 6.45) is 0.250. The number of rotatable bonds is 4. The second kappa shape index (κ2) is 6.83. The molecular formula is C18H15F3N6O2S. The number of hydrogen-bond acceptors (Lipinski definition) is 5. The molecule has 0 aliphatic heterocycles. The number of fused-ring (bicyclic) bond motifs is 1. The molecule has 1 aromatic carbocycles. The number of benzene rings is 1. The van der Waals surface area contributed by atoms with Gasteiger partial charge in [-0.05, 0) is 36.8 Å². The van der Waals surface area contributed by atoms with Crippen LogP contribution in [-0.2, 0) is 23.2 Å². The normalized spacial score (nSPS) is 12.4. The second-order valence-corrected chi connectivity index (χ2v) is 8.30. The van der Waals surface area contributed by atoms with Gasteiger partial charge >= 0.3 is 6.18 Å². The molecule has 156 valence electrons. The summed E-state index contributed by atoms with van der Waals surface area (Å²) in [7, 11) is -2.30. The fraction of sp³-hybridized carbons (Fsp3) is 0.167. The van der Waals surface area contributed by atoms with E-state index in [0.29, 0.717) is 11.3 Å². The van der Waals surface area contributed by atoms with Crippen molar-refractivity contribution in [1.29, 1.82) is 0 Å². The molecule has 1 N–H and O–H groups in total. The number of anilines is 1. The van der Waals surface area contributed by atoms with Crippen LogP contribution in [0.1, 0.15) is 11.1 Å². The van der Waals surface area contributed by atoms with Gasteiger partial charge in [0.15, 0.2) is 5.82 Å². The van der Waals surface area contributed by atoms with Crippen LogP contribution in [0.5, 0.6) is 0 Å². The van der Waals surface area contributed by atoms with Crippen molar-refractivity contribution in [2.75, 3.05) is 4.72 Å². The molecule has 0 unspecified atom stereocenters. The van der Waals surface area contributed by atoms with Crippen LogP contribution in [0, 0.1) is 6.92 Å². The monoisotopic (exact) mass is 436 g/mol. The first kappa shape index (κ1) is 19.9. The highest BCUT2D eigenvalue weighted by Gasteiger charge is 2.31. The molecule has 0 fully saturated rings.